The van der Waals surface area contributed by atoms with Crippen molar-refractivity contribution in [2.45, 2.75) is 25.7 Å². The third kappa shape index (κ3) is 4.01. The topological polar surface area (TPSA) is 111 Å². The molecular weight excluding hydrogens is 390 g/mol. The fourth-order valence-electron chi connectivity index (χ4n) is 3.98. The molecule has 0 atom stereocenters. The third-order valence-electron chi connectivity index (χ3n) is 5.39. The summed E-state index contributed by atoms with van der Waals surface area (Å²) in [6.45, 7) is 4.52. The zero-order valence-corrected chi connectivity index (χ0v) is 16.9. The average Bonchev–Trinajstić information content (AvgIpc) is 3.39. The van der Waals surface area contributed by atoms with E-state index in [1.165, 1.54) is 32.4 Å². The largest absolute Gasteiger partial charge is 0.369 e. The second-order valence-electron chi connectivity index (χ2n) is 7.25. The van der Waals surface area contributed by atoms with E-state index in [1.54, 1.807) is 6.33 Å². The molecule has 29 heavy (non-hydrogen) atoms. The number of fused-ring (bicyclic) bond motifs is 3. The van der Waals surface area contributed by atoms with Gasteiger partial charge in [-0.3, -0.25) is 0 Å². The van der Waals surface area contributed by atoms with E-state index in [4.69, 9.17) is 0 Å². The number of aromatic nitrogens is 7. The normalized spacial score (nSPS) is 14.9. The lowest BCUT2D eigenvalue weighted by Crippen LogP contribution is -2.31. The van der Waals surface area contributed by atoms with Gasteiger partial charge in [-0.2, -0.15) is 5.21 Å². The summed E-state index contributed by atoms with van der Waals surface area (Å²) >= 11 is 0. The maximum Gasteiger partial charge on any atom is 0.204 e. The molecule has 4 aromatic rings. The van der Waals surface area contributed by atoms with Crippen LogP contribution in [0, 0.1) is 0 Å². The number of aromatic amines is 2. The Morgan fingerprint density at radius 3 is 2.83 bits per heavy atom. The Morgan fingerprint density at radius 2 is 2.00 bits per heavy atom. The van der Waals surface area contributed by atoms with Crippen LogP contribution in [-0.4, -0.2) is 66.7 Å². The lowest BCUT2D eigenvalue weighted by Gasteiger charge is -2.26. The van der Waals surface area contributed by atoms with Gasteiger partial charge in [0.2, 0.25) is 5.82 Å². The van der Waals surface area contributed by atoms with Crippen molar-refractivity contribution < 1.29 is 0 Å². The highest BCUT2D eigenvalue weighted by atomic mass is 35.5. The predicted molar refractivity (Wildman–Crippen MR) is 115 cm³/mol. The fraction of sp³-hybridized carbons (Fsp3) is 0.421. The van der Waals surface area contributed by atoms with Crippen LogP contribution in [0.4, 0.5) is 5.82 Å². The second kappa shape index (κ2) is 8.71. The summed E-state index contributed by atoms with van der Waals surface area (Å²) in [6.07, 6.45) is 6.76. The molecule has 10 heteroatoms. The number of rotatable bonds is 6. The van der Waals surface area contributed by atoms with E-state index < -0.39 is 0 Å². The molecule has 0 amide bonds. The van der Waals surface area contributed by atoms with Crippen molar-refractivity contribution in [3.63, 3.8) is 0 Å². The SMILES string of the molecule is Cl.c1nc(NCCCN2CCCCC2)c2c(n1)[nH]c1cc(-c3nn[nH]n3)ccc12. The Balaban J connectivity index is 0.00000205. The maximum atomic E-state index is 4.49. The molecule has 3 aromatic heterocycles. The molecule has 152 valence electrons. The van der Waals surface area contributed by atoms with Gasteiger partial charge in [0.1, 0.15) is 17.8 Å². The first-order valence-electron chi connectivity index (χ1n) is 9.85. The third-order valence-corrected chi connectivity index (χ3v) is 5.39. The van der Waals surface area contributed by atoms with E-state index >= 15 is 0 Å². The van der Waals surface area contributed by atoms with Crippen LogP contribution in [0.2, 0.25) is 0 Å². The first kappa shape index (κ1) is 19.5. The van der Waals surface area contributed by atoms with E-state index in [-0.39, 0.29) is 12.4 Å². The van der Waals surface area contributed by atoms with Crippen LogP contribution >= 0.6 is 12.4 Å². The van der Waals surface area contributed by atoms with Crippen molar-refractivity contribution in [2.75, 3.05) is 31.5 Å². The summed E-state index contributed by atoms with van der Waals surface area (Å²) < 4.78 is 0. The molecule has 0 spiro atoms. The molecule has 0 radical (unpaired) electrons. The Hall–Kier alpha value is -2.78. The van der Waals surface area contributed by atoms with Crippen molar-refractivity contribution in [1.29, 1.82) is 0 Å². The molecule has 1 aliphatic heterocycles. The van der Waals surface area contributed by atoms with Crippen LogP contribution in [0.25, 0.3) is 33.3 Å². The molecule has 0 aliphatic carbocycles. The number of hydrogen-bond acceptors (Lipinski definition) is 7. The molecule has 5 rings (SSSR count). The van der Waals surface area contributed by atoms with Crippen LogP contribution in [0.5, 0.6) is 0 Å². The number of benzene rings is 1. The molecule has 0 unspecified atom stereocenters. The molecule has 3 N–H and O–H groups in total. The number of anilines is 1. The molecule has 1 aromatic carbocycles. The van der Waals surface area contributed by atoms with E-state index in [0.717, 1.165) is 52.8 Å². The number of halogens is 1. The fourth-order valence-corrected chi connectivity index (χ4v) is 3.98. The van der Waals surface area contributed by atoms with Gasteiger partial charge in [0, 0.05) is 23.0 Å². The van der Waals surface area contributed by atoms with Gasteiger partial charge in [0.25, 0.3) is 0 Å². The summed E-state index contributed by atoms with van der Waals surface area (Å²) in [5.74, 6) is 1.45. The Morgan fingerprint density at radius 1 is 1.10 bits per heavy atom. The van der Waals surface area contributed by atoms with Crippen LogP contribution in [0.15, 0.2) is 24.5 Å². The summed E-state index contributed by atoms with van der Waals surface area (Å²) in [6, 6.07) is 6.07. The summed E-state index contributed by atoms with van der Waals surface area (Å²) in [5.41, 5.74) is 2.71. The number of nitrogens with one attached hydrogen (secondary N) is 3. The first-order chi connectivity index (χ1) is 13.9. The lowest BCUT2D eigenvalue weighted by molar-refractivity contribution is 0.228. The monoisotopic (exact) mass is 413 g/mol. The lowest BCUT2D eigenvalue weighted by atomic mass is 10.1. The quantitative estimate of drug-likeness (QED) is 0.416. The second-order valence-corrected chi connectivity index (χ2v) is 7.25. The molecule has 4 heterocycles. The van der Waals surface area contributed by atoms with E-state index in [1.807, 2.05) is 12.1 Å². The average molecular weight is 414 g/mol. The van der Waals surface area contributed by atoms with Crippen molar-refractivity contribution in [3.05, 3.63) is 24.5 Å². The van der Waals surface area contributed by atoms with Crippen LogP contribution in [0.1, 0.15) is 25.7 Å². The van der Waals surface area contributed by atoms with Gasteiger partial charge in [0.05, 0.1) is 5.39 Å². The van der Waals surface area contributed by atoms with Gasteiger partial charge in [0.15, 0.2) is 0 Å². The van der Waals surface area contributed by atoms with Gasteiger partial charge in [-0.1, -0.05) is 18.6 Å². The molecule has 1 aliphatic rings. The predicted octanol–water partition coefficient (Wildman–Crippen LogP) is 3.00. The van der Waals surface area contributed by atoms with Gasteiger partial charge < -0.3 is 15.2 Å². The highest BCUT2D eigenvalue weighted by Crippen LogP contribution is 2.31. The molecule has 1 saturated heterocycles. The number of tetrazole rings is 1. The molecule has 9 nitrogen and oxygen atoms in total. The maximum absolute atomic E-state index is 4.49. The van der Waals surface area contributed by atoms with E-state index in [0.29, 0.717) is 5.82 Å². The number of H-pyrrole nitrogens is 2. The zero-order chi connectivity index (χ0) is 18.8. The minimum absolute atomic E-state index is 0. The van der Waals surface area contributed by atoms with E-state index in [9.17, 15) is 0 Å². The Bertz CT molecular complexity index is 1070. The van der Waals surface area contributed by atoms with Crippen molar-refractivity contribution in [2.24, 2.45) is 0 Å². The molecular formula is C19H24ClN9. The summed E-state index contributed by atoms with van der Waals surface area (Å²) in [5, 5.41) is 19.8. The van der Waals surface area contributed by atoms with Gasteiger partial charge in [-0.15, -0.1) is 22.6 Å². The smallest absolute Gasteiger partial charge is 0.204 e. The van der Waals surface area contributed by atoms with Crippen LogP contribution < -0.4 is 5.32 Å². The highest BCUT2D eigenvalue weighted by Gasteiger charge is 2.13. The number of piperidine rings is 1. The minimum Gasteiger partial charge on any atom is -0.369 e. The Labute approximate surface area is 174 Å². The zero-order valence-electron chi connectivity index (χ0n) is 16.1. The molecule has 0 saturated carbocycles. The summed E-state index contributed by atoms with van der Waals surface area (Å²) in [7, 11) is 0. The first-order valence-corrected chi connectivity index (χ1v) is 9.85. The van der Waals surface area contributed by atoms with Crippen LogP contribution in [0.3, 0.4) is 0 Å². The standard InChI is InChI=1S/C19H23N9.ClH/c1-2-8-28(9-3-1)10-4-7-20-18-16-14-6-5-13(17-24-26-27-25-17)11-15(14)23-19(16)22-12-21-18;/h5-6,11-12H,1-4,7-10H2,(H2,20,21,22,23)(H,24,25,26,27);1H. The summed E-state index contributed by atoms with van der Waals surface area (Å²) in [4.78, 5) is 14.8. The number of likely N-dealkylation sites (tertiary alicyclic amines) is 1. The number of nitrogens with zero attached hydrogens (tertiary/aromatic N) is 6. The van der Waals surface area contributed by atoms with Crippen LogP contribution in [-0.2, 0) is 0 Å². The van der Waals surface area contributed by atoms with Crippen molar-refractivity contribution in [3.8, 4) is 11.4 Å². The van der Waals surface area contributed by atoms with Gasteiger partial charge in [-0.25, -0.2) is 9.97 Å². The van der Waals surface area contributed by atoms with Crippen molar-refractivity contribution in [1.82, 2.24) is 40.5 Å². The van der Waals surface area contributed by atoms with Gasteiger partial charge >= 0.3 is 0 Å². The highest BCUT2D eigenvalue weighted by molar-refractivity contribution is 6.11. The molecule has 0 bridgehead atoms. The molecule has 1 fully saturated rings. The Kier molecular flexibility index (Phi) is 5.86. The van der Waals surface area contributed by atoms with E-state index in [2.05, 4.69) is 51.9 Å². The van der Waals surface area contributed by atoms with Gasteiger partial charge in [-0.05, 0) is 50.2 Å². The van der Waals surface area contributed by atoms with Crippen molar-refractivity contribution >= 4 is 40.2 Å². The number of hydrogen-bond donors (Lipinski definition) is 3. The minimum atomic E-state index is 0.